The molecule has 0 saturated carbocycles. The summed E-state index contributed by atoms with van der Waals surface area (Å²) in [5.74, 6) is 1.17. The molecule has 0 fully saturated rings. The van der Waals surface area contributed by atoms with E-state index in [9.17, 15) is 14.0 Å². The molecular weight excluding hydrogens is 507 g/mol. The number of fused-ring (bicyclic) bond motifs is 2. The van der Waals surface area contributed by atoms with Gasteiger partial charge in [0, 0.05) is 29.6 Å². The summed E-state index contributed by atoms with van der Waals surface area (Å²) in [6.07, 6.45) is 1.52. The minimum absolute atomic E-state index is 0.0457. The van der Waals surface area contributed by atoms with Gasteiger partial charge in [-0.05, 0) is 66.1 Å². The Morgan fingerprint density at radius 1 is 1.16 bits per heavy atom. The van der Waals surface area contributed by atoms with E-state index in [1.54, 1.807) is 51.5 Å². The molecule has 2 aliphatic heterocycles. The molecule has 0 bridgehead atoms. The molecule has 9 heteroatoms. The number of amides is 2. The molecule has 7 nitrogen and oxygen atoms in total. The molecule has 1 aromatic heterocycles. The van der Waals surface area contributed by atoms with Crippen molar-refractivity contribution in [3.63, 3.8) is 0 Å². The highest BCUT2D eigenvalue weighted by Gasteiger charge is 2.34. The van der Waals surface area contributed by atoms with Crippen LogP contribution in [-0.4, -0.2) is 54.6 Å². The highest BCUT2D eigenvalue weighted by Crippen LogP contribution is 2.35. The number of benzene rings is 2. The maximum absolute atomic E-state index is 13.8. The number of hydrogen-bond donors (Lipinski definition) is 0. The minimum atomic E-state index is -0.377. The fourth-order valence-electron chi connectivity index (χ4n) is 4.74. The van der Waals surface area contributed by atoms with Crippen LogP contribution >= 0.6 is 11.3 Å². The van der Waals surface area contributed by atoms with Gasteiger partial charge in [-0.15, -0.1) is 11.3 Å². The maximum atomic E-state index is 13.8. The molecule has 2 aromatic carbocycles. The largest absolute Gasteiger partial charge is 0.491 e. The van der Waals surface area contributed by atoms with E-state index in [1.165, 1.54) is 17.0 Å². The number of nitrogens with zero attached hydrogens (tertiary/aromatic N) is 2. The smallest absolute Gasteiger partial charge is 0.254 e. The molecule has 3 heterocycles. The van der Waals surface area contributed by atoms with Crippen molar-refractivity contribution < 1.29 is 28.2 Å². The monoisotopic (exact) mass is 538 g/mol. The van der Waals surface area contributed by atoms with E-state index in [4.69, 9.17) is 14.2 Å². The van der Waals surface area contributed by atoms with Gasteiger partial charge >= 0.3 is 0 Å². The average molecular weight is 539 g/mol. The van der Waals surface area contributed by atoms with Crippen molar-refractivity contribution in [2.45, 2.75) is 32.7 Å². The number of ether oxygens (including phenoxy) is 3. The van der Waals surface area contributed by atoms with Crippen LogP contribution in [0.15, 0.2) is 53.9 Å². The van der Waals surface area contributed by atoms with E-state index in [0.717, 1.165) is 18.4 Å². The van der Waals surface area contributed by atoms with Gasteiger partial charge in [-0.3, -0.25) is 9.59 Å². The lowest BCUT2D eigenvalue weighted by molar-refractivity contribution is -0.135. The first-order valence-electron chi connectivity index (χ1n) is 12.8. The van der Waals surface area contributed by atoms with Crippen LogP contribution in [0.3, 0.4) is 0 Å². The molecule has 38 heavy (non-hydrogen) atoms. The third kappa shape index (κ3) is 5.78. The standard InChI is InChI=1S/C29H31FN2O5S/c1-19(2)8-11-31(29(34)20-6-7-25-26(14-20)37-18-36-25)16-28(33)32-12-9-27-23(10-13-38-27)24(32)17-35-22-5-3-4-21(30)15-22/h3-7,10,13-15,19,24H,8-9,11-12,16-18H2,1-2H3. The molecule has 5 rings (SSSR count). The van der Waals surface area contributed by atoms with Crippen molar-refractivity contribution in [2.24, 2.45) is 5.92 Å². The second kappa shape index (κ2) is 11.4. The summed E-state index contributed by atoms with van der Waals surface area (Å²) in [4.78, 5) is 31.9. The van der Waals surface area contributed by atoms with Gasteiger partial charge < -0.3 is 24.0 Å². The summed E-state index contributed by atoms with van der Waals surface area (Å²) in [7, 11) is 0. The van der Waals surface area contributed by atoms with Crippen molar-refractivity contribution in [1.82, 2.24) is 9.80 Å². The number of rotatable bonds is 9. The van der Waals surface area contributed by atoms with Crippen molar-refractivity contribution >= 4 is 23.2 Å². The van der Waals surface area contributed by atoms with Crippen LogP contribution in [0.2, 0.25) is 0 Å². The van der Waals surface area contributed by atoms with E-state index in [-0.39, 0.29) is 43.6 Å². The normalized spacial score (nSPS) is 15.9. The zero-order valence-electron chi connectivity index (χ0n) is 21.5. The lowest BCUT2D eigenvalue weighted by atomic mass is 10.00. The Labute approximate surface area is 225 Å². The van der Waals surface area contributed by atoms with Crippen molar-refractivity contribution in [3.05, 3.63) is 75.7 Å². The van der Waals surface area contributed by atoms with Crippen molar-refractivity contribution in [2.75, 3.05) is 33.0 Å². The lowest BCUT2D eigenvalue weighted by Crippen LogP contribution is -2.48. The number of thiophene rings is 1. The van der Waals surface area contributed by atoms with Gasteiger partial charge in [-0.25, -0.2) is 4.39 Å². The van der Waals surface area contributed by atoms with Crippen molar-refractivity contribution in [3.8, 4) is 17.2 Å². The fraction of sp³-hybridized carbons (Fsp3) is 0.379. The van der Waals surface area contributed by atoms with Crippen molar-refractivity contribution in [1.29, 1.82) is 0 Å². The number of halogens is 1. The molecule has 0 aliphatic carbocycles. The second-order valence-corrected chi connectivity index (χ2v) is 10.9. The van der Waals surface area contributed by atoms with Gasteiger partial charge in [0.2, 0.25) is 12.7 Å². The summed E-state index contributed by atoms with van der Waals surface area (Å²) in [5, 5.41) is 2.02. The van der Waals surface area contributed by atoms with E-state index < -0.39 is 0 Å². The molecule has 200 valence electrons. The Morgan fingerprint density at radius 3 is 2.82 bits per heavy atom. The van der Waals surface area contributed by atoms with Crippen LogP contribution in [-0.2, 0) is 11.2 Å². The molecule has 2 amide bonds. The third-order valence-corrected chi connectivity index (χ3v) is 7.82. The van der Waals surface area contributed by atoms with Crippen LogP contribution in [0.5, 0.6) is 17.2 Å². The molecule has 0 spiro atoms. The first kappa shape index (κ1) is 26.0. The van der Waals surface area contributed by atoms with Gasteiger partial charge in [-0.2, -0.15) is 0 Å². The summed E-state index contributed by atoms with van der Waals surface area (Å²) < 4.78 is 30.5. The highest BCUT2D eigenvalue weighted by atomic mass is 32.1. The Balaban J connectivity index is 1.35. The Kier molecular flexibility index (Phi) is 7.83. The third-order valence-electron chi connectivity index (χ3n) is 6.83. The van der Waals surface area contributed by atoms with Crippen LogP contribution in [0.1, 0.15) is 47.1 Å². The van der Waals surface area contributed by atoms with E-state index >= 15 is 0 Å². The quantitative estimate of drug-likeness (QED) is 0.370. The SMILES string of the molecule is CC(C)CCN(CC(=O)N1CCc2sccc2C1COc1cccc(F)c1)C(=O)c1ccc2c(c1)OCO2. The molecule has 0 saturated heterocycles. The van der Waals surface area contributed by atoms with Crippen LogP contribution in [0, 0.1) is 11.7 Å². The van der Waals surface area contributed by atoms with E-state index in [0.29, 0.717) is 41.8 Å². The van der Waals surface area contributed by atoms with Gasteiger partial charge in [-0.1, -0.05) is 19.9 Å². The first-order chi connectivity index (χ1) is 18.4. The summed E-state index contributed by atoms with van der Waals surface area (Å²) in [6.45, 7) is 5.44. The van der Waals surface area contributed by atoms with Gasteiger partial charge in [0.15, 0.2) is 11.5 Å². The highest BCUT2D eigenvalue weighted by molar-refractivity contribution is 7.10. The van der Waals surface area contributed by atoms with E-state index in [1.807, 2.05) is 11.4 Å². The maximum Gasteiger partial charge on any atom is 0.254 e. The summed E-state index contributed by atoms with van der Waals surface area (Å²) in [5.41, 5.74) is 1.50. The molecule has 3 aromatic rings. The van der Waals surface area contributed by atoms with Gasteiger partial charge in [0.05, 0.1) is 6.04 Å². The Hall–Kier alpha value is -3.59. The van der Waals surface area contributed by atoms with Gasteiger partial charge in [0.25, 0.3) is 5.91 Å². The minimum Gasteiger partial charge on any atom is -0.491 e. The predicted molar refractivity (Wildman–Crippen MR) is 142 cm³/mol. The van der Waals surface area contributed by atoms with Crippen LogP contribution in [0.25, 0.3) is 0 Å². The number of carbonyl (C=O) groups excluding carboxylic acids is 2. The second-order valence-electron chi connectivity index (χ2n) is 9.90. The van der Waals surface area contributed by atoms with Crippen LogP contribution < -0.4 is 14.2 Å². The lowest BCUT2D eigenvalue weighted by Gasteiger charge is -2.37. The zero-order valence-corrected chi connectivity index (χ0v) is 22.3. The first-order valence-corrected chi connectivity index (χ1v) is 13.7. The topological polar surface area (TPSA) is 68.3 Å². The molecule has 0 radical (unpaired) electrons. The Morgan fingerprint density at radius 2 is 2.00 bits per heavy atom. The molecule has 0 N–H and O–H groups in total. The zero-order chi connectivity index (χ0) is 26.6. The van der Waals surface area contributed by atoms with Crippen LogP contribution in [0.4, 0.5) is 4.39 Å². The Bertz CT molecular complexity index is 1310. The van der Waals surface area contributed by atoms with Gasteiger partial charge in [0.1, 0.15) is 24.7 Å². The van der Waals surface area contributed by atoms with E-state index in [2.05, 4.69) is 13.8 Å². The fourth-order valence-corrected chi connectivity index (χ4v) is 5.67. The summed E-state index contributed by atoms with van der Waals surface area (Å²) in [6, 6.07) is 12.8. The summed E-state index contributed by atoms with van der Waals surface area (Å²) >= 11 is 1.66. The predicted octanol–water partition coefficient (Wildman–Crippen LogP) is 5.31. The molecular formula is C29H31FN2O5S. The number of hydrogen-bond acceptors (Lipinski definition) is 6. The molecule has 1 unspecified atom stereocenters. The molecule has 2 aliphatic rings. The average Bonchev–Trinajstić information content (AvgIpc) is 3.58. The number of carbonyl (C=O) groups is 2. The molecule has 1 atom stereocenters.